The molecule has 0 radical (unpaired) electrons. The summed E-state index contributed by atoms with van der Waals surface area (Å²) in [5, 5.41) is 0.505. The van der Waals surface area contributed by atoms with Crippen LogP contribution in [0.15, 0.2) is 0 Å². The minimum absolute atomic E-state index is 0.0631. The van der Waals surface area contributed by atoms with Crippen LogP contribution in [0.3, 0.4) is 0 Å². The quantitative estimate of drug-likeness (QED) is 0.144. The van der Waals surface area contributed by atoms with Gasteiger partial charge in [-0.2, -0.15) is 0 Å². The third kappa shape index (κ3) is 39.3. The molecule has 0 rings (SSSR count). The van der Waals surface area contributed by atoms with Gasteiger partial charge in [0.1, 0.15) is 0 Å². The zero-order valence-electron chi connectivity index (χ0n) is 33.7. The van der Waals surface area contributed by atoms with Crippen LogP contribution in [0.1, 0.15) is 166 Å². The van der Waals surface area contributed by atoms with Crippen LogP contribution in [-0.4, -0.2) is 60.8 Å². The van der Waals surface area contributed by atoms with Crippen molar-refractivity contribution in [1.29, 1.82) is 0 Å². The van der Waals surface area contributed by atoms with E-state index in [1.165, 1.54) is 0 Å². The van der Waals surface area contributed by atoms with Crippen molar-refractivity contribution in [3.05, 3.63) is 0 Å². The average molecular weight is 1000 g/mol. The Hall–Kier alpha value is 4.04. The van der Waals surface area contributed by atoms with Gasteiger partial charge < -0.3 is 19.6 Å². The first-order valence-electron chi connectivity index (χ1n) is 15.1. The molecule has 0 heterocycles. The SMILES string of the molecule is CC(C)(C)P(O)C(C)(C)C.CC(C)(C)P(O)C(C)(C)C.CC(C)(C)P(O)C(C)(C)C.CC(C)(C)P(O)C(C)(C)C.[Cl][Pd][Cl].[Cl][Pd][Cl]. The molecule has 0 aromatic carbocycles. The molecular formula is C32H76Cl4O4P4Pd2. The molecule has 0 saturated heterocycles. The molecule has 14 heteroatoms. The van der Waals surface area contributed by atoms with Crippen molar-refractivity contribution < 1.29 is 51.5 Å². The average Bonchev–Trinajstić information content (AvgIpc) is 2.74. The van der Waals surface area contributed by atoms with Gasteiger partial charge in [0.2, 0.25) is 0 Å². The molecule has 46 heavy (non-hydrogen) atoms. The molecule has 0 aliphatic carbocycles. The molecule has 0 aliphatic heterocycles. The van der Waals surface area contributed by atoms with Gasteiger partial charge in [-0.3, -0.25) is 0 Å². The molecular weight excluding hydrogens is 927 g/mol. The van der Waals surface area contributed by atoms with E-state index in [0.717, 1.165) is 0 Å². The summed E-state index contributed by atoms with van der Waals surface area (Å²) in [7, 11) is 15.8. The Bertz CT molecular complexity index is 552. The molecule has 296 valence electrons. The zero-order valence-corrected chi connectivity index (χ0v) is 43.4. The molecule has 0 atom stereocenters. The molecule has 0 unspecified atom stereocenters. The molecule has 0 aliphatic rings. The summed E-state index contributed by atoms with van der Waals surface area (Å²) >= 11 is -0.211. The first-order valence-corrected chi connectivity index (χ1v) is 28.3. The van der Waals surface area contributed by atoms with Crippen molar-refractivity contribution in [2.75, 3.05) is 0 Å². The molecule has 0 spiro atoms. The van der Waals surface area contributed by atoms with E-state index in [-0.39, 0.29) is 73.1 Å². The Labute approximate surface area is 326 Å². The summed E-state index contributed by atoms with van der Waals surface area (Å²) in [6, 6.07) is 0. The maximum absolute atomic E-state index is 9.79. The van der Waals surface area contributed by atoms with E-state index in [1.54, 1.807) is 0 Å². The van der Waals surface area contributed by atoms with Crippen molar-refractivity contribution >= 4 is 70.7 Å². The number of halogens is 4. The van der Waals surface area contributed by atoms with E-state index in [1.807, 2.05) is 0 Å². The Morgan fingerprint density at radius 3 is 0.304 bits per heavy atom. The molecule has 4 nitrogen and oxygen atoms in total. The zero-order chi connectivity index (χ0) is 39.7. The minimum atomic E-state index is -0.863. The first kappa shape index (κ1) is 62.1. The fraction of sp³-hybridized carbons (Fsp3) is 1.00. The van der Waals surface area contributed by atoms with Gasteiger partial charge in [0, 0.05) is 73.8 Å². The van der Waals surface area contributed by atoms with Gasteiger partial charge in [-0.05, 0) is 0 Å². The standard InChI is InChI=1S/4C8H19OP.4ClH.2Pd/c4*1-7(2,3)10(9)8(4,5)6;;;;;;/h4*9H,1-6H3;4*1H;;/q;;;;;;;;2*+2/p-4. The number of hydrogen-bond donors (Lipinski definition) is 4. The first-order chi connectivity index (χ1) is 19.4. The second kappa shape index (κ2) is 26.0. The van der Waals surface area contributed by atoms with Gasteiger partial charge in [0.25, 0.3) is 0 Å². The third-order valence-corrected chi connectivity index (χ3v) is 15.2. The summed E-state index contributed by atoms with van der Waals surface area (Å²) in [6.45, 7) is 50.1. The molecule has 0 bridgehead atoms. The van der Waals surface area contributed by atoms with Crippen molar-refractivity contribution in [2.24, 2.45) is 0 Å². The van der Waals surface area contributed by atoms with Crippen LogP contribution in [0.4, 0.5) is 0 Å². The van der Waals surface area contributed by atoms with E-state index < -0.39 is 32.6 Å². The summed E-state index contributed by atoms with van der Waals surface area (Å²) in [5.74, 6) is 0. The van der Waals surface area contributed by atoms with Gasteiger partial charge in [-0.25, -0.2) is 0 Å². The van der Waals surface area contributed by atoms with Gasteiger partial charge in [-0.1, -0.05) is 166 Å². The topological polar surface area (TPSA) is 80.9 Å². The number of hydrogen-bond acceptors (Lipinski definition) is 4. The Balaban J connectivity index is -0.000000109. The van der Waals surface area contributed by atoms with Gasteiger partial charge in [-0.15, -0.1) is 0 Å². The second-order valence-corrected chi connectivity index (χ2v) is 36.7. The summed E-state index contributed by atoms with van der Waals surface area (Å²) in [6.07, 6.45) is 0. The van der Waals surface area contributed by atoms with E-state index in [9.17, 15) is 19.6 Å². The molecule has 0 amide bonds. The molecule has 0 aromatic heterocycles. The summed E-state index contributed by atoms with van der Waals surface area (Å²) in [5.41, 5.74) is 0. The molecule has 4 N–H and O–H groups in total. The molecule has 0 aromatic rings. The van der Waals surface area contributed by atoms with Crippen LogP contribution >= 0.6 is 70.7 Å². The van der Waals surface area contributed by atoms with Crippen LogP contribution in [0.2, 0.25) is 0 Å². The van der Waals surface area contributed by atoms with E-state index >= 15 is 0 Å². The fourth-order valence-electron chi connectivity index (χ4n) is 4.02. The Morgan fingerprint density at radius 1 is 0.261 bits per heavy atom. The Morgan fingerprint density at radius 2 is 0.304 bits per heavy atom. The van der Waals surface area contributed by atoms with Crippen LogP contribution in [0, 0.1) is 0 Å². The second-order valence-electron chi connectivity index (χ2n) is 18.7. The maximum atomic E-state index is 9.79. The fourth-order valence-corrected chi connectivity index (χ4v) is 12.1. The summed E-state index contributed by atoms with van der Waals surface area (Å²) < 4.78 is 0. The van der Waals surface area contributed by atoms with E-state index in [0.29, 0.717) is 0 Å². The van der Waals surface area contributed by atoms with Gasteiger partial charge >= 0.3 is 70.0 Å². The van der Waals surface area contributed by atoms with Crippen LogP contribution in [-0.2, 0) is 31.9 Å². The van der Waals surface area contributed by atoms with Gasteiger partial charge in [0.15, 0.2) is 0 Å². The predicted molar refractivity (Wildman–Crippen MR) is 218 cm³/mol. The van der Waals surface area contributed by atoms with Crippen molar-refractivity contribution in [1.82, 2.24) is 0 Å². The van der Waals surface area contributed by atoms with Crippen molar-refractivity contribution in [3.8, 4) is 0 Å². The monoisotopic (exact) mass is 1000 g/mol. The molecule has 0 fully saturated rings. The molecule has 0 saturated carbocycles. The van der Waals surface area contributed by atoms with Crippen molar-refractivity contribution in [2.45, 2.75) is 207 Å². The summed E-state index contributed by atoms with van der Waals surface area (Å²) in [4.78, 5) is 39.1. The number of rotatable bonds is 0. The van der Waals surface area contributed by atoms with Crippen molar-refractivity contribution in [3.63, 3.8) is 0 Å². The van der Waals surface area contributed by atoms with E-state index in [4.69, 9.17) is 38.1 Å². The van der Waals surface area contributed by atoms with E-state index in [2.05, 4.69) is 166 Å². The predicted octanol–water partition coefficient (Wildman–Crippen LogP) is 14.6. The third-order valence-electron chi connectivity index (χ3n) is 5.08. The van der Waals surface area contributed by atoms with Crippen LogP contribution in [0.25, 0.3) is 0 Å². The van der Waals surface area contributed by atoms with Crippen LogP contribution < -0.4 is 0 Å². The normalized spacial score (nSPS) is 13.5. The Kier molecular flexibility index (Phi) is 35.0. The van der Waals surface area contributed by atoms with Crippen LogP contribution in [0.5, 0.6) is 0 Å². The van der Waals surface area contributed by atoms with Gasteiger partial charge in [0.05, 0.1) is 0 Å².